The molecule has 1 aliphatic carbocycles. The molecule has 0 saturated heterocycles. The molecule has 2 heteroatoms. The number of ketones is 1. The predicted octanol–water partition coefficient (Wildman–Crippen LogP) is 3.08. The van der Waals surface area contributed by atoms with Gasteiger partial charge in [-0.25, -0.2) is 0 Å². The third kappa shape index (κ3) is 5.93. The van der Waals surface area contributed by atoms with Crippen LogP contribution in [0.2, 0.25) is 0 Å². The second-order valence-corrected chi connectivity index (χ2v) is 4.78. The van der Waals surface area contributed by atoms with Crippen LogP contribution in [0.1, 0.15) is 64.2 Å². The van der Waals surface area contributed by atoms with E-state index in [0.29, 0.717) is 11.7 Å². The molecule has 0 heterocycles. The lowest BCUT2D eigenvalue weighted by Gasteiger charge is -2.20. The molecule has 1 aliphatic rings. The first-order chi connectivity index (χ1) is 7.33. The van der Waals surface area contributed by atoms with Crippen molar-refractivity contribution in [3.63, 3.8) is 0 Å². The number of Topliss-reactive ketones (excluding diaryl/α,β-unsaturated/α-hetero) is 1. The van der Waals surface area contributed by atoms with Crippen molar-refractivity contribution in [1.82, 2.24) is 0 Å². The van der Waals surface area contributed by atoms with Gasteiger partial charge in [-0.3, -0.25) is 4.79 Å². The van der Waals surface area contributed by atoms with Crippen molar-refractivity contribution in [3.8, 4) is 0 Å². The van der Waals surface area contributed by atoms with Crippen molar-refractivity contribution in [3.05, 3.63) is 0 Å². The summed E-state index contributed by atoms with van der Waals surface area (Å²) in [6.45, 7) is 0.261. The molecule has 0 spiro atoms. The Morgan fingerprint density at radius 1 is 1.07 bits per heavy atom. The first kappa shape index (κ1) is 12.7. The Labute approximate surface area is 93.1 Å². The number of aliphatic hydroxyl groups excluding tert-OH is 1. The van der Waals surface area contributed by atoms with E-state index in [9.17, 15) is 4.79 Å². The van der Waals surface area contributed by atoms with Gasteiger partial charge in [0, 0.05) is 19.4 Å². The van der Waals surface area contributed by atoms with Gasteiger partial charge in [-0.15, -0.1) is 0 Å². The Morgan fingerprint density at radius 2 is 1.80 bits per heavy atom. The van der Waals surface area contributed by atoms with E-state index in [1.807, 2.05) is 0 Å². The molecule has 1 fully saturated rings. The van der Waals surface area contributed by atoms with Gasteiger partial charge in [0.1, 0.15) is 5.78 Å². The normalized spacial score (nSPS) is 17.9. The summed E-state index contributed by atoms with van der Waals surface area (Å²) in [6.07, 6.45) is 10.9. The lowest BCUT2D eigenvalue weighted by molar-refractivity contribution is -0.120. The van der Waals surface area contributed by atoms with E-state index < -0.39 is 0 Å². The maximum absolute atomic E-state index is 11.6. The number of hydrogen-bond acceptors (Lipinski definition) is 2. The molecule has 0 unspecified atom stereocenters. The number of rotatable bonds is 7. The van der Waals surface area contributed by atoms with Gasteiger partial charge < -0.3 is 5.11 Å². The molecule has 0 aliphatic heterocycles. The van der Waals surface area contributed by atoms with E-state index in [1.54, 1.807) is 0 Å². The van der Waals surface area contributed by atoms with Crippen LogP contribution in [0.5, 0.6) is 0 Å². The summed E-state index contributed by atoms with van der Waals surface area (Å²) < 4.78 is 0. The molecule has 0 atom stereocenters. The fraction of sp³-hybridized carbons (Fsp3) is 0.923. The van der Waals surface area contributed by atoms with Crippen molar-refractivity contribution in [2.75, 3.05) is 6.61 Å². The molecule has 0 amide bonds. The third-order valence-electron chi connectivity index (χ3n) is 3.35. The highest BCUT2D eigenvalue weighted by Crippen LogP contribution is 2.26. The van der Waals surface area contributed by atoms with Crippen LogP contribution in [0.3, 0.4) is 0 Å². The standard InChI is InChI=1S/C13H24O2/c14-10-6-2-5-9-13(15)11-12-7-3-1-4-8-12/h12,14H,1-11H2. The first-order valence-electron chi connectivity index (χ1n) is 6.45. The van der Waals surface area contributed by atoms with Gasteiger partial charge in [0.2, 0.25) is 0 Å². The highest BCUT2D eigenvalue weighted by Gasteiger charge is 2.16. The Hall–Kier alpha value is -0.370. The van der Waals surface area contributed by atoms with Gasteiger partial charge in [-0.2, -0.15) is 0 Å². The number of carbonyl (C=O) groups is 1. The van der Waals surface area contributed by atoms with Crippen molar-refractivity contribution < 1.29 is 9.90 Å². The molecule has 0 aromatic heterocycles. The minimum absolute atomic E-state index is 0.261. The molecule has 15 heavy (non-hydrogen) atoms. The Morgan fingerprint density at radius 3 is 2.47 bits per heavy atom. The van der Waals surface area contributed by atoms with E-state index in [4.69, 9.17) is 5.11 Å². The second-order valence-electron chi connectivity index (χ2n) is 4.78. The maximum atomic E-state index is 11.6. The van der Waals surface area contributed by atoms with Crippen molar-refractivity contribution in [2.24, 2.45) is 5.92 Å². The number of hydrogen-bond donors (Lipinski definition) is 1. The SMILES string of the molecule is O=C(CCCCCO)CC1CCCCC1. The van der Waals surface area contributed by atoms with E-state index >= 15 is 0 Å². The summed E-state index contributed by atoms with van der Waals surface area (Å²) in [7, 11) is 0. The van der Waals surface area contributed by atoms with Crippen molar-refractivity contribution >= 4 is 5.78 Å². The van der Waals surface area contributed by atoms with Crippen LogP contribution in [0.15, 0.2) is 0 Å². The fourth-order valence-corrected chi connectivity index (χ4v) is 2.43. The minimum atomic E-state index is 0.261. The summed E-state index contributed by atoms with van der Waals surface area (Å²) >= 11 is 0. The van der Waals surface area contributed by atoms with Crippen LogP contribution >= 0.6 is 0 Å². The maximum Gasteiger partial charge on any atom is 0.133 e. The number of unbranched alkanes of at least 4 members (excludes halogenated alkanes) is 2. The van der Waals surface area contributed by atoms with Gasteiger partial charge >= 0.3 is 0 Å². The van der Waals surface area contributed by atoms with Gasteiger partial charge in [0.05, 0.1) is 0 Å². The second kappa shape index (κ2) is 7.86. The quantitative estimate of drug-likeness (QED) is 0.658. The van der Waals surface area contributed by atoms with E-state index in [0.717, 1.165) is 32.1 Å². The molecule has 1 saturated carbocycles. The Kier molecular flexibility index (Phi) is 6.66. The topological polar surface area (TPSA) is 37.3 Å². The average Bonchev–Trinajstić information content (AvgIpc) is 2.26. The van der Waals surface area contributed by atoms with Crippen LogP contribution in [-0.4, -0.2) is 17.5 Å². The molecule has 1 N–H and O–H groups in total. The summed E-state index contributed by atoms with van der Waals surface area (Å²) in [5.41, 5.74) is 0. The Bertz CT molecular complexity index is 171. The van der Waals surface area contributed by atoms with E-state index in [-0.39, 0.29) is 6.61 Å². The Balaban J connectivity index is 2.01. The van der Waals surface area contributed by atoms with Gasteiger partial charge in [-0.1, -0.05) is 38.5 Å². The molecular formula is C13H24O2. The van der Waals surface area contributed by atoms with Crippen LogP contribution in [0.25, 0.3) is 0 Å². The van der Waals surface area contributed by atoms with E-state index in [1.165, 1.54) is 32.1 Å². The monoisotopic (exact) mass is 212 g/mol. The lowest BCUT2D eigenvalue weighted by atomic mass is 9.85. The summed E-state index contributed by atoms with van der Waals surface area (Å²) in [5.74, 6) is 1.13. The largest absolute Gasteiger partial charge is 0.396 e. The number of aliphatic hydroxyl groups is 1. The molecule has 0 radical (unpaired) electrons. The van der Waals surface area contributed by atoms with Crippen LogP contribution in [-0.2, 0) is 4.79 Å². The third-order valence-corrected chi connectivity index (χ3v) is 3.35. The minimum Gasteiger partial charge on any atom is -0.396 e. The van der Waals surface area contributed by atoms with Gasteiger partial charge in [-0.05, 0) is 18.8 Å². The van der Waals surface area contributed by atoms with Gasteiger partial charge in [0.25, 0.3) is 0 Å². The predicted molar refractivity (Wildman–Crippen MR) is 61.8 cm³/mol. The van der Waals surface area contributed by atoms with Crippen LogP contribution in [0.4, 0.5) is 0 Å². The summed E-state index contributed by atoms with van der Waals surface area (Å²) in [4.78, 5) is 11.6. The molecule has 0 aromatic carbocycles. The van der Waals surface area contributed by atoms with E-state index in [2.05, 4.69) is 0 Å². The molecule has 2 nitrogen and oxygen atoms in total. The highest BCUT2D eigenvalue weighted by atomic mass is 16.2. The average molecular weight is 212 g/mol. The molecule has 88 valence electrons. The lowest BCUT2D eigenvalue weighted by Crippen LogP contribution is -2.11. The van der Waals surface area contributed by atoms with Gasteiger partial charge in [0.15, 0.2) is 0 Å². The zero-order chi connectivity index (χ0) is 10.9. The summed E-state index contributed by atoms with van der Waals surface area (Å²) in [5, 5.41) is 8.61. The highest BCUT2D eigenvalue weighted by molar-refractivity contribution is 5.78. The zero-order valence-corrected chi connectivity index (χ0v) is 9.71. The summed E-state index contributed by atoms with van der Waals surface area (Å²) in [6, 6.07) is 0. The smallest absolute Gasteiger partial charge is 0.133 e. The number of carbonyl (C=O) groups excluding carboxylic acids is 1. The molecule has 1 rings (SSSR count). The van der Waals surface area contributed by atoms with Crippen LogP contribution in [0, 0.1) is 5.92 Å². The van der Waals surface area contributed by atoms with Crippen molar-refractivity contribution in [1.29, 1.82) is 0 Å². The first-order valence-corrected chi connectivity index (χ1v) is 6.45. The molecule has 0 aromatic rings. The zero-order valence-electron chi connectivity index (χ0n) is 9.71. The fourth-order valence-electron chi connectivity index (χ4n) is 2.43. The molecule has 0 bridgehead atoms. The van der Waals surface area contributed by atoms with Crippen LogP contribution < -0.4 is 0 Å². The van der Waals surface area contributed by atoms with Crippen molar-refractivity contribution in [2.45, 2.75) is 64.2 Å². The molecular weight excluding hydrogens is 188 g/mol.